The summed E-state index contributed by atoms with van der Waals surface area (Å²) in [6.45, 7) is 0. The molecule has 0 bridgehead atoms. The molecular weight excluding hydrogens is 350 g/mol. The van der Waals surface area contributed by atoms with Crippen LogP contribution in [-0.4, -0.2) is 16.8 Å². The van der Waals surface area contributed by atoms with Gasteiger partial charge in [0.2, 0.25) is 5.91 Å². The van der Waals surface area contributed by atoms with Crippen molar-refractivity contribution in [3.05, 3.63) is 65.2 Å². The Morgan fingerprint density at radius 3 is 2.46 bits per heavy atom. The van der Waals surface area contributed by atoms with Crippen LogP contribution in [-0.2, 0) is 4.79 Å². The normalized spacial score (nSPS) is 13.4. The number of pyridine rings is 1. The van der Waals surface area contributed by atoms with Crippen LogP contribution < -0.4 is 10.9 Å². The Morgan fingerprint density at radius 2 is 1.73 bits per heavy atom. The highest BCUT2D eigenvalue weighted by Gasteiger charge is 2.30. The van der Waals surface area contributed by atoms with Crippen molar-refractivity contribution in [3.8, 4) is 11.3 Å². The average molecular weight is 366 g/mol. The second kappa shape index (κ2) is 6.77. The monoisotopic (exact) mass is 365 g/mol. The lowest BCUT2D eigenvalue weighted by molar-refractivity contribution is -0.123. The number of fused-ring (bicyclic) bond motifs is 1. The molecule has 1 fully saturated rings. The second-order valence-electron chi connectivity index (χ2n) is 6.30. The van der Waals surface area contributed by atoms with Gasteiger partial charge in [0.25, 0.3) is 5.91 Å². The maximum atomic E-state index is 12.7. The number of halogens is 1. The van der Waals surface area contributed by atoms with Crippen molar-refractivity contribution in [2.75, 3.05) is 0 Å². The zero-order valence-electron chi connectivity index (χ0n) is 13.8. The van der Waals surface area contributed by atoms with Gasteiger partial charge in [-0.05, 0) is 37.1 Å². The zero-order valence-corrected chi connectivity index (χ0v) is 14.6. The van der Waals surface area contributed by atoms with Crippen LogP contribution in [0.15, 0.2) is 54.6 Å². The molecule has 4 rings (SSSR count). The van der Waals surface area contributed by atoms with Crippen LogP contribution in [0.2, 0.25) is 5.02 Å². The van der Waals surface area contributed by atoms with E-state index in [-0.39, 0.29) is 17.7 Å². The van der Waals surface area contributed by atoms with Crippen molar-refractivity contribution in [1.82, 2.24) is 15.8 Å². The molecule has 2 N–H and O–H groups in total. The Balaban J connectivity index is 1.70. The average Bonchev–Trinajstić information content (AvgIpc) is 3.51. The molecule has 0 atom stereocenters. The van der Waals surface area contributed by atoms with Crippen molar-refractivity contribution in [3.63, 3.8) is 0 Å². The first-order chi connectivity index (χ1) is 12.6. The Bertz CT molecular complexity index is 998. The summed E-state index contributed by atoms with van der Waals surface area (Å²) in [5.74, 6) is -0.489. The zero-order chi connectivity index (χ0) is 18.1. The van der Waals surface area contributed by atoms with Gasteiger partial charge in [-0.15, -0.1) is 0 Å². The number of hydrogen-bond donors (Lipinski definition) is 2. The van der Waals surface area contributed by atoms with E-state index >= 15 is 0 Å². The minimum Gasteiger partial charge on any atom is -0.273 e. The van der Waals surface area contributed by atoms with Crippen molar-refractivity contribution in [2.45, 2.75) is 12.8 Å². The van der Waals surface area contributed by atoms with Crippen molar-refractivity contribution < 1.29 is 9.59 Å². The Hall–Kier alpha value is -2.92. The third-order valence-electron chi connectivity index (χ3n) is 4.35. The number of nitrogens with one attached hydrogen (secondary N) is 2. The molecule has 0 radical (unpaired) electrons. The number of hydrogen-bond acceptors (Lipinski definition) is 3. The minimum atomic E-state index is -0.368. The molecule has 1 heterocycles. The largest absolute Gasteiger partial charge is 0.273 e. The molecule has 0 spiro atoms. The molecule has 0 aliphatic heterocycles. The second-order valence-corrected chi connectivity index (χ2v) is 6.73. The van der Waals surface area contributed by atoms with Crippen LogP contribution >= 0.6 is 11.6 Å². The lowest BCUT2D eigenvalue weighted by Crippen LogP contribution is -2.42. The van der Waals surface area contributed by atoms with E-state index in [0.717, 1.165) is 23.8 Å². The first kappa shape index (κ1) is 16.5. The lowest BCUT2D eigenvalue weighted by Gasteiger charge is -2.11. The molecule has 0 unspecified atom stereocenters. The molecule has 130 valence electrons. The van der Waals surface area contributed by atoms with Crippen molar-refractivity contribution >= 4 is 34.3 Å². The fourth-order valence-electron chi connectivity index (χ4n) is 2.77. The van der Waals surface area contributed by atoms with Gasteiger partial charge in [-0.25, -0.2) is 4.98 Å². The van der Waals surface area contributed by atoms with Gasteiger partial charge in [0.15, 0.2) is 0 Å². The number of benzene rings is 2. The number of amides is 2. The number of para-hydroxylation sites is 1. The molecule has 1 aliphatic carbocycles. The number of carbonyl (C=O) groups excluding carboxylic acids is 2. The van der Waals surface area contributed by atoms with Crippen molar-refractivity contribution in [2.24, 2.45) is 5.92 Å². The van der Waals surface area contributed by atoms with E-state index in [4.69, 9.17) is 11.6 Å². The number of rotatable bonds is 3. The van der Waals surface area contributed by atoms with Gasteiger partial charge in [0.1, 0.15) is 0 Å². The highest BCUT2D eigenvalue weighted by molar-refractivity contribution is 6.30. The number of nitrogens with zero attached hydrogens (tertiary/aromatic N) is 1. The van der Waals surface area contributed by atoms with Crippen molar-refractivity contribution in [1.29, 1.82) is 0 Å². The summed E-state index contributed by atoms with van der Waals surface area (Å²) >= 11 is 5.95. The van der Waals surface area contributed by atoms with E-state index in [1.807, 2.05) is 36.4 Å². The summed E-state index contributed by atoms with van der Waals surface area (Å²) in [6, 6.07) is 16.4. The SMILES string of the molecule is O=C(NNC(=O)C1CC1)c1cc(-c2ccc(Cl)cc2)nc2ccccc12. The summed E-state index contributed by atoms with van der Waals surface area (Å²) in [5.41, 5.74) is 7.70. The summed E-state index contributed by atoms with van der Waals surface area (Å²) in [5, 5.41) is 1.36. The van der Waals surface area contributed by atoms with Crippen LogP contribution in [0.3, 0.4) is 0 Å². The van der Waals surface area contributed by atoms with Crippen LogP contribution in [0.5, 0.6) is 0 Å². The number of hydrazine groups is 1. The molecule has 2 amide bonds. The highest BCUT2D eigenvalue weighted by Crippen LogP contribution is 2.29. The Kier molecular flexibility index (Phi) is 4.31. The summed E-state index contributed by atoms with van der Waals surface area (Å²) < 4.78 is 0. The molecule has 2 aromatic carbocycles. The minimum absolute atomic E-state index is 0.0223. The predicted octanol–water partition coefficient (Wildman–Crippen LogP) is 3.73. The van der Waals surface area contributed by atoms with Crippen LogP contribution in [0, 0.1) is 5.92 Å². The summed E-state index contributed by atoms with van der Waals surface area (Å²) in [6.07, 6.45) is 1.75. The predicted molar refractivity (Wildman–Crippen MR) is 101 cm³/mol. The third kappa shape index (κ3) is 3.39. The first-order valence-corrected chi connectivity index (χ1v) is 8.75. The molecule has 26 heavy (non-hydrogen) atoms. The standard InChI is InChI=1S/C20H16ClN3O2/c21-14-9-7-12(8-10-14)18-11-16(15-3-1-2-4-17(15)22-18)20(26)24-23-19(25)13-5-6-13/h1-4,7-11,13H,5-6H2,(H,23,25)(H,24,26). The van der Waals surface area contributed by atoms with Gasteiger partial charge in [-0.1, -0.05) is 41.9 Å². The fraction of sp³-hybridized carbons (Fsp3) is 0.150. The smallest absolute Gasteiger partial charge is 0.270 e. The van der Waals surface area contributed by atoms with E-state index in [2.05, 4.69) is 15.8 Å². The van der Waals surface area contributed by atoms with Crippen LogP contribution in [0.4, 0.5) is 0 Å². The molecule has 1 aliphatic rings. The molecule has 1 aromatic heterocycles. The molecule has 0 saturated heterocycles. The van der Waals surface area contributed by atoms with E-state index in [1.54, 1.807) is 18.2 Å². The molecule has 1 saturated carbocycles. The fourth-order valence-corrected chi connectivity index (χ4v) is 2.89. The highest BCUT2D eigenvalue weighted by atomic mass is 35.5. The number of aromatic nitrogens is 1. The number of carbonyl (C=O) groups is 2. The van der Waals surface area contributed by atoms with Gasteiger partial charge in [-0.3, -0.25) is 20.4 Å². The van der Waals surface area contributed by atoms with E-state index < -0.39 is 0 Å². The summed E-state index contributed by atoms with van der Waals surface area (Å²) in [4.78, 5) is 29.1. The maximum absolute atomic E-state index is 12.7. The Morgan fingerprint density at radius 1 is 1.00 bits per heavy atom. The third-order valence-corrected chi connectivity index (χ3v) is 4.60. The van der Waals surface area contributed by atoms with Gasteiger partial charge in [0.05, 0.1) is 16.8 Å². The summed E-state index contributed by atoms with van der Waals surface area (Å²) in [7, 11) is 0. The van der Waals surface area contributed by atoms with Gasteiger partial charge >= 0.3 is 0 Å². The Labute approximate surface area is 155 Å². The van der Waals surface area contributed by atoms with E-state index in [9.17, 15) is 9.59 Å². The molecular formula is C20H16ClN3O2. The van der Waals surface area contributed by atoms with Crippen LogP contribution in [0.25, 0.3) is 22.2 Å². The quantitative estimate of drug-likeness (QED) is 0.695. The molecule has 3 aromatic rings. The lowest BCUT2D eigenvalue weighted by atomic mass is 10.0. The first-order valence-electron chi connectivity index (χ1n) is 8.38. The van der Waals surface area contributed by atoms with Gasteiger partial charge in [-0.2, -0.15) is 0 Å². The van der Waals surface area contributed by atoms with Crippen LogP contribution in [0.1, 0.15) is 23.2 Å². The van der Waals surface area contributed by atoms with E-state index in [1.165, 1.54) is 0 Å². The maximum Gasteiger partial charge on any atom is 0.270 e. The van der Waals surface area contributed by atoms with Gasteiger partial charge < -0.3 is 0 Å². The molecule has 6 heteroatoms. The topological polar surface area (TPSA) is 71.1 Å². The van der Waals surface area contributed by atoms with Gasteiger partial charge in [0, 0.05) is 21.9 Å². The molecule has 5 nitrogen and oxygen atoms in total. The van der Waals surface area contributed by atoms with E-state index in [0.29, 0.717) is 21.8 Å².